The Balaban J connectivity index is 1.70. The third kappa shape index (κ3) is 2.68. The maximum absolute atomic E-state index is 13.3. The van der Waals surface area contributed by atoms with Gasteiger partial charge in [0.05, 0.1) is 31.6 Å². The fourth-order valence-electron chi connectivity index (χ4n) is 3.61. The van der Waals surface area contributed by atoms with E-state index < -0.39 is 5.79 Å². The van der Waals surface area contributed by atoms with E-state index >= 15 is 0 Å². The summed E-state index contributed by atoms with van der Waals surface area (Å²) in [5, 5.41) is 0. The number of morpholine rings is 1. The van der Waals surface area contributed by atoms with Gasteiger partial charge in [-0.2, -0.15) is 0 Å². The summed E-state index contributed by atoms with van der Waals surface area (Å²) in [6, 6.07) is 5.87. The van der Waals surface area contributed by atoms with Crippen molar-refractivity contribution < 1.29 is 23.9 Å². The number of nitrogens with one attached hydrogen (secondary N) is 1. The molecule has 0 bridgehead atoms. The minimum atomic E-state index is -1.29. The van der Waals surface area contributed by atoms with Crippen LogP contribution in [0.25, 0.3) is 0 Å². The van der Waals surface area contributed by atoms with Crippen LogP contribution in [0.5, 0.6) is 0 Å². The van der Waals surface area contributed by atoms with Crippen molar-refractivity contribution in [3.8, 4) is 0 Å². The van der Waals surface area contributed by atoms with Crippen LogP contribution in [0.4, 0.5) is 5.69 Å². The SMILES string of the molecule is C[C@H]1CCO[C@]2(O1)C(=O)N(C[NH+]1CCOCC1)c1ccc(Br)cc12. The largest absolute Gasteiger partial charge is 0.370 e. The summed E-state index contributed by atoms with van der Waals surface area (Å²) >= 11 is 3.51. The van der Waals surface area contributed by atoms with Gasteiger partial charge in [0.25, 0.3) is 11.7 Å². The Bertz CT molecular complexity index is 649. The molecular formula is C17H22BrN2O4+. The topological polar surface area (TPSA) is 52.4 Å². The molecule has 1 aromatic rings. The number of halogens is 1. The minimum absolute atomic E-state index is 0.00906. The predicted molar refractivity (Wildman–Crippen MR) is 90.8 cm³/mol. The lowest BCUT2D eigenvalue weighted by molar-refractivity contribution is -0.906. The molecule has 2 saturated heterocycles. The molecule has 6 nitrogen and oxygen atoms in total. The van der Waals surface area contributed by atoms with Gasteiger partial charge in [-0.05, 0) is 31.5 Å². The van der Waals surface area contributed by atoms with Crippen LogP contribution < -0.4 is 9.80 Å². The number of anilines is 1. The normalized spacial score (nSPS) is 30.8. The number of nitrogens with zero attached hydrogens (tertiary/aromatic N) is 1. The summed E-state index contributed by atoms with van der Waals surface area (Å²) in [5.41, 5.74) is 1.69. The molecule has 2 fully saturated rings. The first-order valence-corrected chi connectivity index (χ1v) is 9.24. The van der Waals surface area contributed by atoms with Gasteiger partial charge in [0.2, 0.25) is 0 Å². The maximum Gasteiger partial charge on any atom is 0.296 e. The van der Waals surface area contributed by atoms with E-state index in [1.165, 1.54) is 4.90 Å². The van der Waals surface area contributed by atoms with E-state index in [4.69, 9.17) is 14.2 Å². The number of hydrogen-bond donors (Lipinski definition) is 1. The zero-order valence-corrected chi connectivity index (χ0v) is 15.3. The van der Waals surface area contributed by atoms with Gasteiger partial charge in [0.15, 0.2) is 6.67 Å². The van der Waals surface area contributed by atoms with Crippen LogP contribution in [0.2, 0.25) is 0 Å². The van der Waals surface area contributed by atoms with Crippen LogP contribution in [-0.2, 0) is 24.8 Å². The number of rotatable bonds is 2. The van der Waals surface area contributed by atoms with E-state index in [0.29, 0.717) is 13.3 Å². The number of carbonyl (C=O) groups excluding carboxylic acids is 1. The van der Waals surface area contributed by atoms with E-state index in [1.807, 2.05) is 30.0 Å². The molecule has 7 heteroatoms. The molecular weight excluding hydrogens is 376 g/mol. The quantitative estimate of drug-likeness (QED) is 0.795. The highest BCUT2D eigenvalue weighted by atomic mass is 79.9. The zero-order valence-electron chi connectivity index (χ0n) is 13.7. The molecule has 0 aromatic heterocycles. The average molecular weight is 398 g/mol. The molecule has 2 atom stereocenters. The highest BCUT2D eigenvalue weighted by Crippen LogP contribution is 2.46. The molecule has 3 aliphatic rings. The number of benzene rings is 1. The Hall–Kier alpha value is -0.990. The smallest absolute Gasteiger partial charge is 0.296 e. The van der Waals surface area contributed by atoms with Crippen LogP contribution in [0.3, 0.4) is 0 Å². The lowest BCUT2D eigenvalue weighted by atomic mass is 10.1. The summed E-state index contributed by atoms with van der Waals surface area (Å²) in [5.74, 6) is -1.40. The zero-order chi connectivity index (χ0) is 16.7. The van der Waals surface area contributed by atoms with Crippen molar-refractivity contribution in [2.45, 2.75) is 25.2 Å². The second-order valence-corrected chi connectivity index (χ2v) is 7.51. The molecule has 0 radical (unpaired) electrons. The fourth-order valence-corrected chi connectivity index (χ4v) is 3.97. The van der Waals surface area contributed by atoms with Crippen molar-refractivity contribution in [2.75, 3.05) is 44.5 Å². The fraction of sp³-hybridized carbons (Fsp3) is 0.588. The number of fused-ring (bicyclic) bond motifs is 2. The van der Waals surface area contributed by atoms with Crippen LogP contribution in [0.15, 0.2) is 22.7 Å². The molecule has 4 rings (SSSR count). The molecule has 3 aliphatic heterocycles. The molecule has 0 unspecified atom stereocenters. The Morgan fingerprint density at radius 3 is 2.88 bits per heavy atom. The molecule has 1 spiro atoms. The summed E-state index contributed by atoms with van der Waals surface area (Å²) in [6.45, 7) is 6.41. The Kier molecular flexibility index (Phi) is 4.38. The lowest BCUT2D eigenvalue weighted by Crippen LogP contribution is -3.15. The van der Waals surface area contributed by atoms with Gasteiger partial charge in [-0.25, -0.2) is 0 Å². The maximum atomic E-state index is 13.3. The van der Waals surface area contributed by atoms with Crippen LogP contribution in [-0.4, -0.2) is 51.6 Å². The van der Waals surface area contributed by atoms with E-state index in [1.54, 1.807) is 0 Å². The van der Waals surface area contributed by atoms with E-state index in [2.05, 4.69) is 15.9 Å². The summed E-state index contributed by atoms with van der Waals surface area (Å²) in [4.78, 5) is 16.4. The van der Waals surface area contributed by atoms with Gasteiger partial charge >= 0.3 is 0 Å². The van der Waals surface area contributed by atoms with Gasteiger partial charge in [-0.1, -0.05) is 15.9 Å². The summed E-state index contributed by atoms with van der Waals surface area (Å²) in [6.07, 6.45) is 0.790. The summed E-state index contributed by atoms with van der Waals surface area (Å²) in [7, 11) is 0. The first-order valence-electron chi connectivity index (χ1n) is 8.45. The van der Waals surface area contributed by atoms with Crippen molar-refractivity contribution in [2.24, 2.45) is 0 Å². The van der Waals surface area contributed by atoms with Gasteiger partial charge in [0.1, 0.15) is 13.1 Å². The van der Waals surface area contributed by atoms with E-state index in [-0.39, 0.29) is 12.0 Å². The van der Waals surface area contributed by atoms with Gasteiger partial charge in [0, 0.05) is 10.0 Å². The molecule has 1 N–H and O–H groups in total. The molecule has 1 amide bonds. The first-order chi connectivity index (χ1) is 11.6. The van der Waals surface area contributed by atoms with Gasteiger partial charge in [-0.15, -0.1) is 0 Å². The van der Waals surface area contributed by atoms with Crippen molar-refractivity contribution >= 4 is 27.5 Å². The van der Waals surface area contributed by atoms with Crippen molar-refractivity contribution in [3.63, 3.8) is 0 Å². The molecule has 1 aromatic carbocycles. The van der Waals surface area contributed by atoms with Crippen LogP contribution in [0.1, 0.15) is 18.9 Å². The second kappa shape index (κ2) is 6.38. The lowest BCUT2D eigenvalue weighted by Gasteiger charge is -2.36. The van der Waals surface area contributed by atoms with Crippen molar-refractivity contribution in [3.05, 3.63) is 28.2 Å². The average Bonchev–Trinajstić information content (AvgIpc) is 2.78. The first kappa shape index (κ1) is 16.5. The Morgan fingerprint density at radius 1 is 1.33 bits per heavy atom. The number of ether oxygens (including phenoxy) is 3. The number of amides is 1. The molecule has 0 saturated carbocycles. The van der Waals surface area contributed by atoms with E-state index in [0.717, 1.165) is 48.4 Å². The third-order valence-electron chi connectivity index (χ3n) is 4.91. The Morgan fingerprint density at radius 2 is 2.12 bits per heavy atom. The summed E-state index contributed by atoms with van der Waals surface area (Å²) < 4.78 is 18.4. The third-order valence-corrected chi connectivity index (χ3v) is 5.40. The number of carbonyl (C=O) groups is 1. The Labute approximate surface area is 149 Å². The second-order valence-electron chi connectivity index (χ2n) is 6.60. The van der Waals surface area contributed by atoms with Crippen molar-refractivity contribution in [1.29, 1.82) is 0 Å². The van der Waals surface area contributed by atoms with Gasteiger partial charge in [-0.3, -0.25) is 9.69 Å². The van der Waals surface area contributed by atoms with Crippen LogP contribution >= 0.6 is 15.9 Å². The predicted octanol–water partition coefficient (Wildman–Crippen LogP) is 0.647. The van der Waals surface area contributed by atoms with Crippen LogP contribution in [0, 0.1) is 0 Å². The van der Waals surface area contributed by atoms with Crippen molar-refractivity contribution in [1.82, 2.24) is 0 Å². The molecule has 3 heterocycles. The monoisotopic (exact) mass is 397 g/mol. The highest BCUT2D eigenvalue weighted by molar-refractivity contribution is 9.10. The number of hydrogen-bond acceptors (Lipinski definition) is 4. The van der Waals surface area contributed by atoms with E-state index in [9.17, 15) is 4.79 Å². The van der Waals surface area contributed by atoms with Gasteiger partial charge < -0.3 is 19.1 Å². The molecule has 0 aliphatic carbocycles. The standard InChI is InChI=1S/C17H21BrN2O4/c1-12-4-7-23-17(24-12)14-10-13(18)2-3-15(14)20(16(17)21)11-19-5-8-22-9-6-19/h2-3,10,12H,4-9,11H2,1H3/p+1/t12-,17+/m0/s1. The minimum Gasteiger partial charge on any atom is -0.370 e. The molecule has 130 valence electrons. The number of quaternary nitrogens is 1. The molecule has 24 heavy (non-hydrogen) atoms. The highest BCUT2D eigenvalue weighted by Gasteiger charge is 2.56.